The molecule has 0 aliphatic rings. The van der Waals surface area contributed by atoms with Crippen molar-refractivity contribution >= 4 is 5.91 Å². The molecule has 3 nitrogen and oxygen atoms in total. The van der Waals surface area contributed by atoms with Gasteiger partial charge in [0, 0.05) is 0 Å². The highest BCUT2D eigenvalue weighted by molar-refractivity contribution is 5.74. The SMILES string of the molecule is NC(=O)CC(O)Cc1ccccc1-c1ccccc1. The summed E-state index contributed by atoms with van der Waals surface area (Å²) >= 11 is 0. The lowest BCUT2D eigenvalue weighted by molar-refractivity contribution is -0.119. The van der Waals surface area contributed by atoms with E-state index in [9.17, 15) is 9.90 Å². The van der Waals surface area contributed by atoms with Crippen molar-refractivity contribution in [2.24, 2.45) is 5.73 Å². The molecule has 0 radical (unpaired) electrons. The van der Waals surface area contributed by atoms with Gasteiger partial charge in [-0.2, -0.15) is 0 Å². The molecular weight excluding hydrogens is 238 g/mol. The third-order valence-electron chi connectivity index (χ3n) is 2.99. The number of carbonyl (C=O) groups excluding carboxylic acids is 1. The number of amides is 1. The number of benzene rings is 2. The summed E-state index contributed by atoms with van der Waals surface area (Å²) in [5.41, 5.74) is 8.29. The van der Waals surface area contributed by atoms with Crippen molar-refractivity contribution in [1.29, 1.82) is 0 Å². The second-order valence-corrected chi connectivity index (χ2v) is 4.55. The monoisotopic (exact) mass is 255 g/mol. The van der Waals surface area contributed by atoms with Gasteiger partial charge < -0.3 is 10.8 Å². The number of aliphatic hydroxyl groups is 1. The molecule has 2 aromatic carbocycles. The highest BCUT2D eigenvalue weighted by Crippen LogP contribution is 2.24. The first-order chi connectivity index (χ1) is 9.16. The first-order valence-electron chi connectivity index (χ1n) is 6.26. The zero-order chi connectivity index (χ0) is 13.7. The van der Waals surface area contributed by atoms with Crippen LogP contribution in [0, 0.1) is 0 Å². The molecule has 1 amide bonds. The van der Waals surface area contributed by atoms with Crippen LogP contribution < -0.4 is 5.73 Å². The summed E-state index contributed by atoms with van der Waals surface area (Å²) in [4.78, 5) is 10.8. The lowest BCUT2D eigenvalue weighted by Crippen LogP contribution is -2.21. The van der Waals surface area contributed by atoms with Crippen molar-refractivity contribution in [2.75, 3.05) is 0 Å². The molecule has 2 aromatic rings. The van der Waals surface area contributed by atoms with Crippen molar-refractivity contribution in [1.82, 2.24) is 0 Å². The summed E-state index contributed by atoms with van der Waals surface area (Å²) in [5, 5.41) is 9.84. The largest absolute Gasteiger partial charge is 0.392 e. The van der Waals surface area contributed by atoms with Crippen LogP contribution in [0.3, 0.4) is 0 Å². The number of hydrogen-bond donors (Lipinski definition) is 2. The van der Waals surface area contributed by atoms with E-state index < -0.39 is 12.0 Å². The number of aliphatic hydroxyl groups excluding tert-OH is 1. The van der Waals surface area contributed by atoms with Crippen LogP contribution in [0.4, 0.5) is 0 Å². The Kier molecular flexibility index (Phi) is 4.31. The lowest BCUT2D eigenvalue weighted by Gasteiger charge is -2.13. The van der Waals surface area contributed by atoms with E-state index in [1.165, 1.54) is 0 Å². The highest BCUT2D eigenvalue weighted by Gasteiger charge is 2.12. The molecule has 3 heteroatoms. The van der Waals surface area contributed by atoms with E-state index in [1.807, 2.05) is 54.6 Å². The van der Waals surface area contributed by atoms with E-state index in [1.54, 1.807) is 0 Å². The molecule has 0 spiro atoms. The Morgan fingerprint density at radius 3 is 2.37 bits per heavy atom. The molecule has 2 rings (SSSR count). The van der Waals surface area contributed by atoms with Gasteiger partial charge in [0.1, 0.15) is 0 Å². The molecule has 0 aromatic heterocycles. The van der Waals surface area contributed by atoms with Crippen LogP contribution in [-0.2, 0) is 11.2 Å². The maximum atomic E-state index is 10.8. The van der Waals surface area contributed by atoms with Gasteiger partial charge in [-0.1, -0.05) is 54.6 Å². The van der Waals surface area contributed by atoms with Gasteiger partial charge in [-0.05, 0) is 23.1 Å². The number of nitrogens with two attached hydrogens (primary N) is 1. The van der Waals surface area contributed by atoms with Gasteiger partial charge in [0.2, 0.25) is 5.91 Å². The average Bonchev–Trinajstić information content (AvgIpc) is 2.39. The quantitative estimate of drug-likeness (QED) is 0.859. The van der Waals surface area contributed by atoms with E-state index in [0.29, 0.717) is 6.42 Å². The van der Waals surface area contributed by atoms with E-state index in [0.717, 1.165) is 16.7 Å². The summed E-state index contributed by atoms with van der Waals surface area (Å²) in [6.45, 7) is 0. The van der Waals surface area contributed by atoms with Crippen molar-refractivity contribution in [2.45, 2.75) is 18.9 Å². The predicted molar refractivity (Wildman–Crippen MR) is 75.4 cm³/mol. The standard InChI is InChI=1S/C16H17NO2/c17-16(19)11-14(18)10-13-8-4-5-9-15(13)12-6-2-1-3-7-12/h1-9,14,18H,10-11H2,(H2,17,19). The fourth-order valence-electron chi connectivity index (χ4n) is 2.16. The van der Waals surface area contributed by atoms with Gasteiger partial charge in [0.25, 0.3) is 0 Å². The second-order valence-electron chi connectivity index (χ2n) is 4.55. The van der Waals surface area contributed by atoms with Gasteiger partial charge in [-0.15, -0.1) is 0 Å². The first kappa shape index (κ1) is 13.3. The highest BCUT2D eigenvalue weighted by atomic mass is 16.3. The smallest absolute Gasteiger partial charge is 0.220 e. The Morgan fingerprint density at radius 2 is 1.68 bits per heavy atom. The molecule has 0 aliphatic carbocycles. The fourth-order valence-corrected chi connectivity index (χ4v) is 2.16. The number of carbonyl (C=O) groups is 1. The maximum absolute atomic E-state index is 10.8. The molecule has 0 aliphatic heterocycles. The van der Waals surface area contributed by atoms with Crippen LogP contribution in [-0.4, -0.2) is 17.1 Å². The normalized spacial score (nSPS) is 12.1. The Bertz CT molecular complexity index is 552. The van der Waals surface area contributed by atoms with E-state index in [-0.39, 0.29) is 6.42 Å². The third kappa shape index (κ3) is 3.66. The fraction of sp³-hybridized carbons (Fsp3) is 0.188. The summed E-state index contributed by atoms with van der Waals surface area (Å²) in [6.07, 6.45) is -0.320. The lowest BCUT2D eigenvalue weighted by atomic mass is 9.95. The predicted octanol–water partition coefficient (Wildman–Crippen LogP) is 2.13. The van der Waals surface area contributed by atoms with E-state index in [2.05, 4.69) is 0 Å². The summed E-state index contributed by atoms with van der Waals surface area (Å²) in [7, 11) is 0. The van der Waals surface area contributed by atoms with Crippen molar-refractivity contribution < 1.29 is 9.90 Å². The second kappa shape index (κ2) is 6.16. The molecule has 1 atom stereocenters. The minimum atomic E-state index is -0.734. The van der Waals surface area contributed by atoms with Crippen LogP contribution in [0.1, 0.15) is 12.0 Å². The summed E-state index contributed by atoms with van der Waals surface area (Å²) in [6, 6.07) is 17.9. The molecule has 1 unspecified atom stereocenters. The van der Waals surface area contributed by atoms with Crippen molar-refractivity contribution in [3.05, 3.63) is 60.2 Å². The van der Waals surface area contributed by atoms with E-state index >= 15 is 0 Å². The topological polar surface area (TPSA) is 63.3 Å². The number of rotatable bonds is 5. The van der Waals surface area contributed by atoms with Gasteiger partial charge in [-0.25, -0.2) is 0 Å². The van der Waals surface area contributed by atoms with Crippen LogP contribution in [0.25, 0.3) is 11.1 Å². The molecule has 0 saturated heterocycles. The van der Waals surface area contributed by atoms with Crippen molar-refractivity contribution in [3.63, 3.8) is 0 Å². The Labute approximate surface area is 112 Å². The van der Waals surface area contributed by atoms with Gasteiger partial charge in [-0.3, -0.25) is 4.79 Å². The van der Waals surface area contributed by atoms with Crippen LogP contribution >= 0.6 is 0 Å². The molecule has 0 fully saturated rings. The van der Waals surface area contributed by atoms with Crippen LogP contribution in [0.5, 0.6) is 0 Å². The number of primary amides is 1. The van der Waals surface area contributed by atoms with Gasteiger partial charge >= 0.3 is 0 Å². The maximum Gasteiger partial charge on any atom is 0.220 e. The van der Waals surface area contributed by atoms with Crippen LogP contribution in [0.15, 0.2) is 54.6 Å². The molecule has 98 valence electrons. The van der Waals surface area contributed by atoms with Crippen LogP contribution in [0.2, 0.25) is 0 Å². The van der Waals surface area contributed by atoms with Gasteiger partial charge in [0.15, 0.2) is 0 Å². The Morgan fingerprint density at radius 1 is 1.05 bits per heavy atom. The van der Waals surface area contributed by atoms with Gasteiger partial charge in [0.05, 0.1) is 12.5 Å². The third-order valence-corrected chi connectivity index (χ3v) is 2.99. The zero-order valence-corrected chi connectivity index (χ0v) is 10.6. The Balaban J connectivity index is 2.24. The van der Waals surface area contributed by atoms with E-state index in [4.69, 9.17) is 5.73 Å². The minimum Gasteiger partial charge on any atom is -0.392 e. The molecule has 0 bridgehead atoms. The summed E-state index contributed by atoms with van der Waals surface area (Å²) in [5.74, 6) is -0.482. The minimum absolute atomic E-state index is 0.0108. The molecule has 3 N–H and O–H groups in total. The molecular formula is C16H17NO2. The zero-order valence-electron chi connectivity index (χ0n) is 10.6. The molecule has 0 heterocycles. The molecule has 19 heavy (non-hydrogen) atoms. The first-order valence-corrected chi connectivity index (χ1v) is 6.26. The van der Waals surface area contributed by atoms with Crippen molar-refractivity contribution in [3.8, 4) is 11.1 Å². The average molecular weight is 255 g/mol. The molecule has 0 saturated carbocycles. The number of hydrogen-bond acceptors (Lipinski definition) is 2. The summed E-state index contributed by atoms with van der Waals surface area (Å²) < 4.78 is 0. The Hall–Kier alpha value is -2.13.